The van der Waals surface area contributed by atoms with Crippen LogP contribution in [0.4, 0.5) is 4.79 Å². The number of benzene rings is 1. The molecule has 1 aromatic heterocycles. The number of rotatable bonds is 5. The summed E-state index contributed by atoms with van der Waals surface area (Å²) < 4.78 is 29.2. The predicted octanol–water partition coefficient (Wildman–Crippen LogP) is 2.66. The molecule has 1 saturated heterocycles. The number of nitrogens with zero attached hydrogens (tertiary/aromatic N) is 1. The van der Waals surface area contributed by atoms with Crippen LogP contribution in [0, 0.1) is 5.92 Å². The smallest absolute Gasteiger partial charge is 0.315 e. The van der Waals surface area contributed by atoms with Crippen LogP contribution < -0.4 is 15.4 Å². The molecule has 1 saturated carbocycles. The Balaban J connectivity index is 1.22. The zero-order chi connectivity index (χ0) is 20.3. The van der Waals surface area contributed by atoms with Crippen LogP contribution in [0.2, 0.25) is 0 Å². The van der Waals surface area contributed by atoms with Crippen LogP contribution in [-0.4, -0.2) is 49.6 Å². The maximum Gasteiger partial charge on any atom is 0.315 e. The fraction of sp³-hybridized carbons (Fsp3) is 0.524. The van der Waals surface area contributed by atoms with Gasteiger partial charge in [0, 0.05) is 35.8 Å². The molecular weight excluding hydrogens is 390 g/mol. The van der Waals surface area contributed by atoms with Gasteiger partial charge in [0.25, 0.3) is 0 Å². The molecule has 4 rings (SSSR count). The second kappa shape index (κ2) is 8.57. The molecule has 0 spiro atoms. The number of pyridine rings is 1. The van der Waals surface area contributed by atoms with E-state index in [2.05, 4.69) is 15.6 Å². The van der Waals surface area contributed by atoms with Gasteiger partial charge in [-0.3, -0.25) is 4.98 Å². The van der Waals surface area contributed by atoms with Crippen molar-refractivity contribution in [2.24, 2.45) is 5.92 Å². The average Bonchev–Trinajstić information content (AvgIpc) is 3.07. The van der Waals surface area contributed by atoms with Crippen molar-refractivity contribution in [3.63, 3.8) is 0 Å². The van der Waals surface area contributed by atoms with E-state index in [1.165, 1.54) is 0 Å². The number of urea groups is 1. The summed E-state index contributed by atoms with van der Waals surface area (Å²) in [5.74, 6) is 1.33. The first-order valence-corrected chi connectivity index (χ1v) is 12.0. The monoisotopic (exact) mass is 417 g/mol. The number of nitrogens with one attached hydrogen (secondary N) is 2. The number of amides is 2. The molecule has 8 heteroatoms. The van der Waals surface area contributed by atoms with Gasteiger partial charge >= 0.3 is 6.03 Å². The second-order valence-corrected chi connectivity index (χ2v) is 10.3. The van der Waals surface area contributed by atoms with Gasteiger partial charge in [-0.25, -0.2) is 13.2 Å². The van der Waals surface area contributed by atoms with Crippen LogP contribution in [-0.2, 0) is 9.84 Å². The normalized spacial score (nSPS) is 26.1. The molecular formula is C21H27N3O4S. The highest BCUT2D eigenvalue weighted by Crippen LogP contribution is 2.29. The Morgan fingerprint density at radius 1 is 1.14 bits per heavy atom. The largest absolute Gasteiger partial charge is 0.490 e. The zero-order valence-electron chi connectivity index (χ0n) is 16.3. The summed E-state index contributed by atoms with van der Waals surface area (Å²) in [6.07, 6.45) is 7.87. The Bertz CT molecular complexity index is 966. The maximum atomic E-state index is 12.1. The van der Waals surface area contributed by atoms with Gasteiger partial charge in [-0.15, -0.1) is 0 Å². The van der Waals surface area contributed by atoms with Crippen molar-refractivity contribution in [3.05, 3.63) is 36.7 Å². The molecule has 1 aliphatic carbocycles. The van der Waals surface area contributed by atoms with E-state index < -0.39 is 9.84 Å². The summed E-state index contributed by atoms with van der Waals surface area (Å²) in [5.41, 5.74) is 0. The van der Waals surface area contributed by atoms with Crippen molar-refractivity contribution in [2.75, 3.05) is 18.1 Å². The van der Waals surface area contributed by atoms with E-state index in [4.69, 9.17) is 4.74 Å². The molecule has 1 aromatic carbocycles. The van der Waals surface area contributed by atoms with Crippen LogP contribution in [0.3, 0.4) is 0 Å². The molecule has 2 aliphatic rings. The summed E-state index contributed by atoms with van der Waals surface area (Å²) in [6, 6.07) is 7.88. The Labute approximate surface area is 171 Å². The van der Waals surface area contributed by atoms with Crippen molar-refractivity contribution in [1.82, 2.24) is 15.6 Å². The molecule has 1 atom stereocenters. The highest BCUT2D eigenvalue weighted by molar-refractivity contribution is 7.91. The summed E-state index contributed by atoms with van der Waals surface area (Å²) in [4.78, 5) is 16.3. The molecule has 0 radical (unpaired) electrons. The maximum absolute atomic E-state index is 12.1. The summed E-state index contributed by atoms with van der Waals surface area (Å²) in [6.45, 7) is 0.416. The summed E-state index contributed by atoms with van der Waals surface area (Å²) in [5, 5.41) is 7.97. The van der Waals surface area contributed by atoms with E-state index in [0.717, 1.165) is 42.2 Å². The van der Waals surface area contributed by atoms with Crippen LogP contribution in [0.1, 0.15) is 32.1 Å². The number of carbonyl (C=O) groups excluding carboxylic acids is 1. The molecule has 1 unspecified atom stereocenters. The number of hydrogen-bond acceptors (Lipinski definition) is 5. The standard InChI is InChI=1S/C21H27N3O4S/c25-21(23-12-15-9-11-29(26,27)14-15)24-17-4-6-18(7-5-17)28-20-3-1-2-16-13-22-10-8-19(16)20/h1-3,8,10,13,15,17-18H,4-7,9,11-12,14H2,(H2,23,24,25). The fourth-order valence-electron chi connectivity index (χ4n) is 4.21. The van der Waals surface area contributed by atoms with Crippen LogP contribution in [0.5, 0.6) is 5.75 Å². The first-order chi connectivity index (χ1) is 14.0. The van der Waals surface area contributed by atoms with E-state index in [-0.39, 0.29) is 35.6 Å². The lowest BCUT2D eigenvalue weighted by Gasteiger charge is -2.30. The van der Waals surface area contributed by atoms with E-state index >= 15 is 0 Å². The molecule has 29 heavy (non-hydrogen) atoms. The lowest BCUT2D eigenvalue weighted by atomic mass is 9.93. The van der Waals surface area contributed by atoms with Crippen molar-refractivity contribution in [3.8, 4) is 5.75 Å². The third-order valence-electron chi connectivity index (χ3n) is 5.82. The number of sulfone groups is 1. The minimum Gasteiger partial charge on any atom is -0.490 e. The van der Waals surface area contributed by atoms with E-state index in [0.29, 0.717) is 13.0 Å². The van der Waals surface area contributed by atoms with Crippen molar-refractivity contribution < 1.29 is 17.9 Å². The number of carbonyl (C=O) groups is 1. The Morgan fingerprint density at radius 3 is 2.72 bits per heavy atom. The Hall–Kier alpha value is -2.35. The van der Waals surface area contributed by atoms with Crippen molar-refractivity contribution >= 4 is 26.6 Å². The van der Waals surface area contributed by atoms with Gasteiger partial charge in [-0.2, -0.15) is 0 Å². The molecule has 2 amide bonds. The van der Waals surface area contributed by atoms with Gasteiger partial charge in [-0.1, -0.05) is 12.1 Å². The lowest BCUT2D eigenvalue weighted by molar-refractivity contribution is 0.142. The average molecular weight is 418 g/mol. The molecule has 156 valence electrons. The molecule has 1 aliphatic heterocycles. The number of fused-ring (bicyclic) bond motifs is 1. The highest BCUT2D eigenvalue weighted by atomic mass is 32.2. The topological polar surface area (TPSA) is 97.4 Å². The minimum absolute atomic E-state index is 0.0331. The first kappa shape index (κ1) is 19.9. The van der Waals surface area contributed by atoms with Crippen LogP contribution in [0.15, 0.2) is 36.7 Å². The number of ether oxygens (including phenoxy) is 1. The van der Waals surface area contributed by atoms with Gasteiger partial charge in [0.2, 0.25) is 0 Å². The molecule has 0 bridgehead atoms. The Kier molecular flexibility index (Phi) is 5.89. The molecule has 2 fully saturated rings. The lowest BCUT2D eigenvalue weighted by Crippen LogP contribution is -2.45. The number of hydrogen-bond donors (Lipinski definition) is 2. The number of aromatic nitrogens is 1. The Morgan fingerprint density at radius 2 is 1.97 bits per heavy atom. The summed E-state index contributed by atoms with van der Waals surface area (Å²) >= 11 is 0. The van der Waals surface area contributed by atoms with Gasteiger partial charge < -0.3 is 15.4 Å². The first-order valence-electron chi connectivity index (χ1n) is 10.2. The third-order valence-corrected chi connectivity index (χ3v) is 7.66. The SMILES string of the molecule is O=C(NCC1CCS(=O)(=O)C1)NC1CCC(Oc2cccc3cnccc23)CC1. The molecule has 2 N–H and O–H groups in total. The molecule has 2 aromatic rings. The van der Waals surface area contributed by atoms with Gasteiger partial charge in [-0.05, 0) is 50.2 Å². The van der Waals surface area contributed by atoms with Gasteiger partial charge in [0.05, 0.1) is 17.6 Å². The molecule has 7 nitrogen and oxygen atoms in total. The predicted molar refractivity (Wildman–Crippen MR) is 112 cm³/mol. The van der Waals surface area contributed by atoms with Gasteiger partial charge in [0.15, 0.2) is 9.84 Å². The summed E-state index contributed by atoms with van der Waals surface area (Å²) in [7, 11) is -2.91. The zero-order valence-corrected chi connectivity index (χ0v) is 17.2. The second-order valence-electron chi connectivity index (χ2n) is 8.07. The van der Waals surface area contributed by atoms with Crippen LogP contribution >= 0.6 is 0 Å². The highest BCUT2D eigenvalue weighted by Gasteiger charge is 2.28. The van der Waals surface area contributed by atoms with Crippen molar-refractivity contribution in [1.29, 1.82) is 0 Å². The van der Waals surface area contributed by atoms with Crippen molar-refractivity contribution in [2.45, 2.75) is 44.2 Å². The minimum atomic E-state index is -2.91. The van der Waals surface area contributed by atoms with Gasteiger partial charge in [0.1, 0.15) is 5.75 Å². The van der Waals surface area contributed by atoms with E-state index in [1.54, 1.807) is 6.20 Å². The van der Waals surface area contributed by atoms with Crippen LogP contribution in [0.25, 0.3) is 10.8 Å². The third kappa shape index (κ3) is 5.18. The van der Waals surface area contributed by atoms with E-state index in [9.17, 15) is 13.2 Å². The van der Waals surface area contributed by atoms with E-state index in [1.807, 2.05) is 30.5 Å². The fourth-order valence-corrected chi connectivity index (χ4v) is 6.07. The quantitative estimate of drug-likeness (QED) is 0.780. The molecule has 2 heterocycles.